The van der Waals surface area contributed by atoms with Gasteiger partial charge in [-0.25, -0.2) is 18.8 Å². The summed E-state index contributed by atoms with van der Waals surface area (Å²) in [4.78, 5) is 51.2. The average molecular weight is 540 g/mol. The Morgan fingerprint density at radius 2 is 1.58 bits per heavy atom. The summed E-state index contributed by atoms with van der Waals surface area (Å²) in [7, 11) is 0. The van der Waals surface area contributed by atoms with Gasteiger partial charge in [-0.2, -0.15) is 0 Å². The van der Waals surface area contributed by atoms with E-state index in [2.05, 4.69) is 5.32 Å². The molecule has 1 fully saturated rings. The molecule has 1 aliphatic heterocycles. The van der Waals surface area contributed by atoms with E-state index in [4.69, 9.17) is 23.7 Å². The van der Waals surface area contributed by atoms with Crippen molar-refractivity contribution in [2.45, 2.75) is 71.6 Å². The van der Waals surface area contributed by atoms with E-state index in [1.54, 1.807) is 27.7 Å². The van der Waals surface area contributed by atoms with Crippen LogP contribution in [0.4, 0.5) is 4.39 Å². The SMILES string of the molecule is CCOC(=O)C1(C)OCC(CCCCC(NC(=O)c2ccc(C)c(F)c2)(C(=O)OCC)C(=O)OCC)CO1. The lowest BCUT2D eigenvalue weighted by molar-refractivity contribution is -0.274. The Morgan fingerprint density at radius 3 is 2.11 bits per heavy atom. The summed E-state index contributed by atoms with van der Waals surface area (Å²) >= 11 is 0. The first kappa shape index (κ1) is 31.2. The largest absolute Gasteiger partial charge is 0.464 e. The number of amides is 1. The summed E-state index contributed by atoms with van der Waals surface area (Å²) in [5.74, 6) is -5.36. The first-order valence-corrected chi connectivity index (χ1v) is 12.9. The standard InChI is InChI=1S/C27H38FNO9/c1-6-34-23(31)26(5)37-16-19(17-38-26)11-9-10-14-27(24(32)35-7-2,25(33)36-8-3)29-22(30)20-13-12-18(4)21(28)15-20/h12-13,15,19H,6-11,14,16-17H2,1-5H3,(H,29,30). The van der Waals surface area contributed by atoms with Crippen LogP contribution in [0.3, 0.4) is 0 Å². The summed E-state index contributed by atoms with van der Waals surface area (Å²) in [5.41, 5.74) is -1.80. The van der Waals surface area contributed by atoms with Gasteiger partial charge in [0.15, 0.2) is 0 Å². The minimum absolute atomic E-state index is 0.0228. The first-order valence-electron chi connectivity index (χ1n) is 12.9. The second-order valence-corrected chi connectivity index (χ2v) is 9.16. The first-order chi connectivity index (χ1) is 18.0. The fourth-order valence-electron chi connectivity index (χ4n) is 3.97. The zero-order valence-corrected chi connectivity index (χ0v) is 22.7. The molecule has 2 rings (SSSR count). The lowest BCUT2D eigenvalue weighted by Crippen LogP contribution is -2.61. The van der Waals surface area contributed by atoms with E-state index < -0.39 is 41.0 Å². The average Bonchev–Trinajstić information content (AvgIpc) is 2.88. The number of hydrogen-bond acceptors (Lipinski definition) is 9. The van der Waals surface area contributed by atoms with Crippen molar-refractivity contribution in [1.82, 2.24) is 5.32 Å². The predicted octanol–water partition coefficient (Wildman–Crippen LogP) is 3.23. The fraction of sp³-hybridized carbons (Fsp3) is 0.630. The van der Waals surface area contributed by atoms with Crippen molar-refractivity contribution in [2.24, 2.45) is 5.92 Å². The Bertz CT molecular complexity index is 971. The maximum atomic E-state index is 14.1. The molecule has 1 N–H and O–H groups in total. The molecule has 1 aromatic carbocycles. The number of aryl methyl sites for hydroxylation is 1. The fourth-order valence-corrected chi connectivity index (χ4v) is 3.97. The zero-order valence-electron chi connectivity index (χ0n) is 22.7. The topological polar surface area (TPSA) is 126 Å². The van der Waals surface area contributed by atoms with Gasteiger partial charge in [0.25, 0.3) is 11.7 Å². The number of nitrogens with one attached hydrogen (secondary N) is 1. The number of carbonyl (C=O) groups is 4. The van der Waals surface area contributed by atoms with Crippen molar-refractivity contribution in [3.8, 4) is 0 Å². The number of hydrogen-bond donors (Lipinski definition) is 1. The lowest BCUT2D eigenvalue weighted by atomic mass is 9.90. The van der Waals surface area contributed by atoms with E-state index >= 15 is 0 Å². The van der Waals surface area contributed by atoms with Gasteiger partial charge in [-0.3, -0.25) is 4.79 Å². The molecule has 212 valence electrons. The van der Waals surface area contributed by atoms with Gasteiger partial charge in [-0.05, 0) is 64.7 Å². The van der Waals surface area contributed by atoms with Gasteiger partial charge in [0.05, 0.1) is 33.0 Å². The van der Waals surface area contributed by atoms with Crippen LogP contribution in [0.5, 0.6) is 0 Å². The molecule has 0 radical (unpaired) electrons. The van der Waals surface area contributed by atoms with Crippen LogP contribution in [-0.2, 0) is 38.1 Å². The lowest BCUT2D eigenvalue weighted by Gasteiger charge is -2.35. The third kappa shape index (κ3) is 7.73. The highest BCUT2D eigenvalue weighted by molar-refractivity contribution is 6.10. The molecule has 10 nitrogen and oxygen atoms in total. The molecule has 1 aliphatic rings. The number of halogens is 1. The summed E-state index contributed by atoms with van der Waals surface area (Å²) in [5, 5.41) is 2.48. The van der Waals surface area contributed by atoms with Gasteiger partial charge in [-0.15, -0.1) is 0 Å². The summed E-state index contributed by atoms with van der Waals surface area (Å²) in [6, 6.07) is 3.88. The third-order valence-electron chi connectivity index (χ3n) is 6.26. The Hall–Kier alpha value is -3.05. The summed E-state index contributed by atoms with van der Waals surface area (Å²) < 4.78 is 40.6. The molecule has 0 atom stereocenters. The number of rotatable bonds is 13. The molecule has 0 unspecified atom stereocenters. The van der Waals surface area contributed by atoms with Crippen LogP contribution >= 0.6 is 0 Å². The number of ether oxygens (including phenoxy) is 5. The van der Waals surface area contributed by atoms with Crippen LogP contribution in [-0.4, -0.2) is 68.2 Å². The third-order valence-corrected chi connectivity index (χ3v) is 6.26. The molecular formula is C27H38FNO9. The van der Waals surface area contributed by atoms with Crippen molar-refractivity contribution in [2.75, 3.05) is 33.0 Å². The highest BCUT2D eigenvalue weighted by Crippen LogP contribution is 2.27. The van der Waals surface area contributed by atoms with Crippen molar-refractivity contribution < 1.29 is 47.3 Å². The minimum Gasteiger partial charge on any atom is -0.464 e. The van der Waals surface area contributed by atoms with E-state index in [1.807, 2.05) is 0 Å². The van der Waals surface area contributed by atoms with E-state index in [9.17, 15) is 23.6 Å². The minimum atomic E-state index is -2.10. The van der Waals surface area contributed by atoms with Crippen LogP contribution < -0.4 is 5.32 Å². The second-order valence-electron chi connectivity index (χ2n) is 9.16. The van der Waals surface area contributed by atoms with E-state index in [1.165, 1.54) is 19.1 Å². The van der Waals surface area contributed by atoms with Crippen LogP contribution in [0.1, 0.15) is 69.3 Å². The predicted molar refractivity (Wildman–Crippen MR) is 134 cm³/mol. The molecule has 11 heteroatoms. The zero-order chi connectivity index (χ0) is 28.3. The van der Waals surface area contributed by atoms with Gasteiger partial charge < -0.3 is 29.0 Å². The summed E-state index contributed by atoms with van der Waals surface area (Å²) in [6.45, 7) is 8.63. The number of benzene rings is 1. The molecule has 38 heavy (non-hydrogen) atoms. The summed E-state index contributed by atoms with van der Waals surface area (Å²) in [6.07, 6.45) is 1.40. The highest BCUT2D eigenvalue weighted by Gasteiger charge is 2.50. The molecule has 1 heterocycles. The van der Waals surface area contributed by atoms with Crippen LogP contribution in [0.15, 0.2) is 18.2 Å². The van der Waals surface area contributed by atoms with Crippen LogP contribution in [0, 0.1) is 18.7 Å². The Balaban J connectivity index is 2.11. The second kappa shape index (κ2) is 14.2. The van der Waals surface area contributed by atoms with Crippen molar-refractivity contribution >= 4 is 23.8 Å². The molecule has 0 bridgehead atoms. The van der Waals surface area contributed by atoms with Crippen molar-refractivity contribution in [3.63, 3.8) is 0 Å². The van der Waals surface area contributed by atoms with E-state index in [0.29, 0.717) is 24.8 Å². The molecule has 0 spiro atoms. The number of esters is 3. The van der Waals surface area contributed by atoms with Gasteiger partial charge in [0.2, 0.25) is 5.54 Å². The van der Waals surface area contributed by atoms with Gasteiger partial charge >= 0.3 is 17.9 Å². The van der Waals surface area contributed by atoms with Gasteiger partial charge in [0.1, 0.15) is 5.82 Å². The van der Waals surface area contributed by atoms with Crippen molar-refractivity contribution in [1.29, 1.82) is 0 Å². The van der Waals surface area contributed by atoms with Crippen LogP contribution in [0.2, 0.25) is 0 Å². The molecule has 0 aliphatic carbocycles. The number of carbonyl (C=O) groups excluding carboxylic acids is 4. The Labute approximate surface area is 222 Å². The van der Waals surface area contributed by atoms with Gasteiger partial charge in [0, 0.05) is 18.4 Å². The maximum Gasteiger partial charge on any atom is 0.366 e. The van der Waals surface area contributed by atoms with Gasteiger partial charge in [-0.1, -0.05) is 12.5 Å². The molecule has 1 aromatic rings. The number of unbranched alkanes of at least 4 members (excludes halogenated alkanes) is 1. The molecule has 1 amide bonds. The molecule has 0 aromatic heterocycles. The van der Waals surface area contributed by atoms with E-state index in [0.717, 1.165) is 6.07 Å². The maximum absolute atomic E-state index is 14.1. The molecule has 1 saturated heterocycles. The Morgan fingerprint density at radius 1 is 1.00 bits per heavy atom. The highest BCUT2D eigenvalue weighted by atomic mass is 19.1. The monoisotopic (exact) mass is 539 g/mol. The smallest absolute Gasteiger partial charge is 0.366 e. The van der Waals surface area contributed by atoms with Crippen molar-refractivity contribution in [3.05, 3.63) is 35.1 Å². The molecule has 0 saturated carbocycles. The Kier molecular flexibility index (Phi) is 11.6. The van der Waals surface area contributed by atoms with E-state index in [-0.39, 0.29) is 50.9 Å². The van der Waals surface area contributed by atoms with Crippen LogP contribution in [0.25, 0.3) is 0 Å². The quantitative estimate of drug-likeness (QED) is 0.174. The molecular weight excluding hydrogens is 501 g/mol. The normalized spacial score (nSPS) is 19.4.